The van der Waals surface area contributed by atoms with Crippen molar-refractivity contribution in [2.75, 3.05) is 23.7 Å². The Labute approximate surface area is 116 Å². The second kappa shape index (κ2) is 6.18. The molecule has 0 aromatic heterocycles. The topological polar surface area (TPSA) is 38.5 Å². The standard InChI is InChI=1S/C16H26N2O/c1-12(2)19-15-8-4-7-14(16(15)17)18-10-5-6-13(3)9-11-18/h4,7-8,12-13H,5-6,9-11,17H2,1-3H3. The van der Waals surface area contributed by atoms with E-state index < -0.39 is 0 Å². The number of nitrogens with two attached hydrogens (primary N) is 1. The molecule has 1 aromatic carbocycles. The molecule has 1 aliphatic rings. The molecule has 1 saturated heterocycles. The summed E-state index contributed by atoms with van der Waals surface area (Å²) >= 11 is 0. The first-order chi connectivity index (χ1) is 9.08. The van der Waals surface area contributed by atoms with Crippen LogP contribution in [0.5, 0.6) is 5.75 Å². The predicted molar refractivity (Wildman–Crippen MR) is 81.8 cm³/mol. The Hall–Kier alpha value is -1.38. The van der Waals surface area contributed by atoms with E-state index in [-0.39, 0.29) is 6.10 Å². The molecule has 0 amide bonds. The molecule has 1 fully saturated rings. The number of para-hydroxylation sites is 1. The van der Waals surface area contributed by atoms with Crippen molar-refractivity contribution in [3.8, 4) is 5.75 Å². The SMILES string of the molecule is CC1CCCN(c2cccc(OC(C)C)c2N)CC1. The van der Waals surface area contributed by atoms with E-state index >= 15 is 0 Å². The van der Waals surface area contributed by atoms with Gasteiger partial charge >= 0.3 is 0 Å². The number of ether oxygens (including phenoxy) is 1. The van der Waals surface area contributed by atoms with Crippen molar-refractivity contribution in [2.24, 2.45) is 5.92 Å². The van der Waals surface area contributed by atoms with Gasteiger partial charge in [-0.15, -0.1) is 0 Å². The third kappa shape index (κ3) is 3.55. The van der Waals surface area contributed by atoms with E-state index in [1.54, 1.807) is 0 Å². The summed E-state index contributed by atoms with van der Waals surface area (Å²) in [5.41, 5.74) is 8.20. The van der Waals surface area contributed by atoms with Crippen LogP contribution in [0.1, 0.15) is 40.0 Å². The quantitative estimate of drug-likeness (QED) is 0.844. The Kier molecular flexibility index (Phi) is 4.56. The highest BCUT2D eigenvalue weighted by Crippen LogP contribution is 2.34. The van der Waals surface area contributed by atoms with Gasteiger partial charge < -0.3 is 15.4 Å². The molecule has 0 saturated carbocycles. The van der Waals surface area contributed by atoms with Gasteiger partial charge in [-0.1, -0.05) is 13.0 Å². The van der Waals surface area contributed by atoms with Crippen LogP contribution in [0.15, 0.2) is 18.2 Å². The normalized spacial score (nSPS) is 20.4. The minimum atomic E-state index is 0.154. The molecule has 1 heterocycles. The minimum absolute atomic E-state index is 0.154. The van der Waals surface area contributed by atoms with Crippen LogP contribution in [-0.2, 0) is 0 Å². The van der Waals surface area contributed by atoms with E-state index in [2.05, 4.69) is 17.9 Å². The zero-order chi connectivity index (χ0) is 13.8. The number of anilines is 2. The highest BCUT2D eigenvalue weighted by Gasteiger charge is 2.17. The van der Waals surface area contributed by atoms with Crippen molar-refractivity contribution in [1.82, 2.24) is 0 Å². The molecule has 1 aliphatic heterocycles. The summed E-state index contributed by atoms with van der Waals surface area (Å²) in [6.45, 7) is 8.58. The van der Waals surface area contributed by atoms with E-state index in [9.17, 15) is 0 Å². The third-order valence-electron chi connectivity index (χ3n) is 3.76. The lowest BCUT2D eigenvalue weighted by Crippen LogP contribution is -2.25. The summed E-state index contributed by atoms with van der Waals surface area (Å²) in [6.07, 6.45) is 3.96. The van der Waals surface area contributed by atoms with Crippen LogP contribution < -0.4 is 15.4 Å². The lowest BCUT2D eigenvalue weighted by atomic mass is 10.0. The second-order valence-corrected chi connectivity index (χ2v) is 5.88. The van der Waals surface area contributed by atoms with Gasteiger partial charge in [-0.25, -0.2) is 0 Å². The van der Waals surface area contributed by atoms with Gasteiger partial charge in [0.1, 0.15) is 5.75 Å². The van der Waals surface area contributed by atoms with E-state index in [0.29, 0.717) is 0 Å². The summed E-state index contributed by atoms with van der Waals surface area (Å²) in [5, 5.41) is 0. The van der Waals surface area contributed by atoms with Crippen molar-refractivity contribution < 1.29 is 4.74 Å². The predicted octanol–water partition coefficient (Wildman–Crippen LogP) is 3.68. The zero-order valence-corrected chi connectivity index (χ0v) is 12.4. The van der Waals surface area contributed by atoms with Crippen molar-refractivity contribution in [3.05, 3.63) is 18.2 Å². The maximum Gasteiger partial charge on any atom is 0.144 e. The van der Waals surface area contributed by atoms with E-state index in [4.69, 9.17) is 10.5 Å². The Morgan fingerprint density at radius 3 is 2.79 bits per heavy atom. The Bertz CT molecular complexity index is 417. The first-order valence-electron chi connectivity index (χ1n) is 7.38. The van der Waals surface area contributed by atoms with Crippen LogP contribution in [0.4, 0.5) is 11.4 Å². The Morgan fingerprint density at radius 2 is 2.05 bits per heavy atom. The summed E-state index contributed by atoms with van der Waals surface area (Å²) in [5.74, 6) is 1.63. The molecular formula is C16H26N2O. The van der Waals surface area contributed by atoms with Crippen molar-refractivity contribution in [2.45, 2.75) is 46.1 Å². The fourth-order valence-electron chi connectivity index (χ4n) is 2.67. The van der Waals surface area contributed by atoms with Crippen molar-refractivity contribution >= 4 is 11.4 Å². The monoisotopic (exact) mass is 262 g/mol. The molecule has 0 aliphatic carbocycles. The lowest BCUT2D eigenvalue weighted by molar-refractivity contribution is 0.244. The molecule has 1 atom stereocenters. The molecule has 1 unspecified atom stereocenters. The molecule has 106 valence electrons. The highest BCUT2D eigenvalue weighted by atomic mass is 16.5. The zero-order valence-electron chi connectivity index (χ0n) is 12.4. The minimum Gasteiger partial charge on any atom is -0.489 e. The fraction of sp³-hybridized carbons (Fsp3) is 0.625. The highest BCUT2D eigenvalue weighted by molar-refractivity contribution is 5.74. The molecule has 0 spiro atoms. The van der Waals surface area contributed by atoms with Crippen LogP contribution in [-0.4, -0.2) is 19.2 Å². The summed E-state index contributed by atoms with van der Waals surface area (Å²) in [6, 6.07) is 6.11. The van der Waals surface area contributed by atoms with Crippen LogP contribution in [0.3, 0.4) is 0 Å². The number of nitrogen functional groups attached to an aromatic ring is 1. The largest absolute Gasteiger partial charge is 0.489 e. The lowest BCUT2D eigenvalue weighted by Gasteiger charge is -2.25. The molecule has 0 bridgehead atoms. The molecule has 0 radical (unpaired) electrons. The van der Waals surface area contributed by atoms with Crippen molar-refractivity contribution in [1.29, 1.82) is 0 Å². The summed E-state index contributed by atoms with van der Waals surface area (Å²) < 4.78 is 5.78. The number of hydrogen-bond donors (Lipinski definition) is 1. The smallest absolute Gasteiger partial charge is 0.144 e. The van der Waals surface area contributed by atoms with Gasteiger partial charge in [0.25, 0.3) is 0 Å². The average molecular weight is 262 g/mol. The van der Waals surface area contributed by atoms with Gasteiger partial charge in [0, 0.05) is 13.1 Å². The Morgan fingerprint density at radius 1 is 1.26 bits per heavy atom. The van der Waals surface area contributed by atoms with Crippen LogP contribution >= 0.6 is 0 Å². The number of rotatable bonds is 3. The van der Waals surface area contributed by atoms with Crippen LogP contribution in [0, 0.1) is 5.92 Å². The maximum atomic E-state index is 6.28. The average Bonchev–Trinajstić information content (AvgIpc) is 2.56. The first kappa shape index (κ1) is 14.0. The number of hydrogen-bond acceptors (Lipinski definition) is 3. The van der Waals surface area contributed by atoms with E-state index in [0.717, 1.165) is 36.1 Å². The summed E-state index contributed by atoms with van der Waals surface area (Å²) in [7, 11) is 0. The Balaban J connectivity index is 2.19. The van der Waals surface area contributed by atoms with Gasteiger partial charge in [-0.3, -0.25) is 0 Å². The van der Waals surface area contributed by atoms with E-state index in [1.807, 2.05) is 26.0 Å². The first-order valence-corrected chi connectivity index (χ1v) is 7.38. The molecule has 3 nitrogen and oxygen atoms in total. The van der Waals surface area contributed by atoms with E-state index in [1.165, 1.54) is 19.3 Å². The number of nitrogens with zero attached hydrogens (tertiary/aromatic N) is 1. The van der Waals surface area contributed by atoms with Gasteiger partial charge in [0.05, 0.1) is 17.5 Å². The summed E-state index contributed by atoms with van der Waals surface area (Å²) in [4.78, 5) is 2.41. The number of benzene rings is 1. The fourth-order valence-corrected chi connectivity index (χ4v) is 2.67. The molecule has 3 heteroatoms. The van der Waals surface area contributed by atoms with Crippen LogP contribution in [0.25, 0.3) is 0 Å². The van der Waals surface area contributed by atoms with Crippen molar-refractivity contribution in [3.63, 3.8) is 0 Å². The van der Waals surface area contributed by atoms with Gasteiger partial charge in [-0.2, -0.15) is 0 Å². The molecule has 2 N–H and O–H groups in total. The second-order valence-electron chi connectivity index (χ2n) is 5.88. The van der Waals surface area contributed by atoms with Gasteiger partial charge in [-0.05, 0) is 51.2 Å². The third-order valence-corrected chi connectivity index (χ3v) is 3.76. The maximum absolute atomic E-state index is 6.28. The van der Waals surface area contributed by atoms with Gasteiger partial charge in [0.15, 0.2) is 0 Å². The molecule has 1 aromatic rings. The van der Waals surface area contributed by atoms with Gasteiger partial charge in [0.2, 0.25) is 0 Å². The van der Waals surface area contributed by atoms with Crippen LogP contribution in [0.2, 0.25) is 0 Å². The molecular weight excluding hydrogens is 236 g/mol. The molecule has 2 rings (SSSR count). The molecule has 19 heavy (non-hydrogen) atoms.